The van der Waals surface area contributed by atoms with Crippen LogP contribution in [0.25, 0.3) is 0 Å². The molecular weight excluding hydrogens is 422 g/mol. The van der Waals surface area contributed by atoms with Gasteiger partial charge in [0.15, 0.2) is 0 Å². The Morgan fingerprint density at radius 2 is 1.50 bits per heavy atom. The minimum atomic E-state index is -1.20. The maximum Gasteiger partial charge on any atom is 0.343 e. The minimum Gasteiger partial charge on any atom is -0.423 e. The number of ether oxygens (including phenoxy) is 1. The van der Waals surface area contributed by atoms with Crippen molar-refractivity contribution in [1.29, 1.82) is 5.26 Å². The highest BCUT2D eigenvalue weighted by Gasteiger charge is 2.36. The fraction of sp³-hybridized carbons (Fsp3) is 0.440. The molecule has 2 aromatic carbocycles. The Morgan fingerprint density at radius 3 is 2.12 bits per heavy atom. The number of rotatable bonds is 3. The number of benzene rings is 2. The summed E-state index contributed by atoms with van der Waals surface area (Å²) in [4.78, 5) is 12.3. The fourth-order valence-electron chi connectivity index (χ4n) is 5.36. The second kappa shape index (κ2) is 8.93. The Kier molecular flexibility index (Phi) is 6.23. The van der Waals surface area contributed by atoms with Crippen molar-refractivity contribution in [3.05, 3.63) is 64.2 Å². The van der Waals surface area contributed by atoms with Gasteiger partial charge in [-0.15, -0.1) is 0 Å². The maximum absolute atomic E-state index is 14.9. The van der Waals surface area contributed by atoms with E-state index in [0.717, 1.165) is 37.8 Å². The number of carbonyl (C=O) groups is 1. The van der Waals surface area contributed by atoms with Crippen molar-refractivity contribution in [3.8, 4) is 11.8 Å². The molecule has 4 rings (SSSR count). The summed E-state index contributed by atoms with van der Waals surface area (Å²) >= 11 is 0. The predicted octanol–water partition coefficient (Wildman–Crippen LogP) is 6.65. The van der Waals surface area contributed by atoms with E-state index in [4.69, 9.17) is 10.00 Å². The third-order valence-electron chi connectivity index (χ3n) is 6.94. The van der Waals surface area contributed by atoms with Crippen molar-refractivity contribution in [3.63, 3.8) is 0 Å². The SMILES string of the molecule is C[C@H]1CC[C@@H]2CC(c3c(F)cc(C(=O)Oc4cc(F)c(C#N)c(F)c4)cc3F)CC[C@H]2C1. The average Bonchev–Trinajstić information content (AvgIpc) is 2.73. The van der Waals surface area contributed by atoms with Gasteiger partial charge in [-0.3, -0.25) is 0 Å². The third kappa shape index (κ3) is 4.36. The maximum atomic E-state index is 14.9. The number of fused-ring (bicyclic) bond motifs is 1. The second-order valence-corrected chi connectivity index (χ2v) is 9.07. The van der Waals surface area contributed by atoms with E-state index in [1.54, 1.807) is 0 Å². The van der Waals surface area contributed by atoms with Crippen LogP contribution in [0.2, 0.25) is 0 Å². The standard InChI is InChI=1S/C25H23F4NO2/c1-13-2-3-15-7-16(5-4-14(15)6-13)24-22(28)8-17(9-23(24)29)25(31)32-18-10-20(26)19(12-30)21(27)11-18/h8-11,13-16H,2-7H2,1H3/t13-,14-,15+,16?/m0/s1. The molecule has 0 aliphatic heterocycles. The fourth-order valence-corrected chi connectivity index (χ4v) is 5.36. The molecule has 0 heterocycles. The predicted molar refractivity (Wildman–Crippen MR) is 109 cm³/mol. The molecule has 2 saturated carbocycles. The number of nitrogens with zero attached hydrogens (tertiary/aromatic N) is 1. The Balaban J connectivity index is 1.52. The van der Waals surface area contributed by atoms with Gasteiger partial charge < -0.3 is 4.74 Å². The lowest BCUT2D eigenvalue weighted by Crippen LogP contribution is -2.30. The largest absolute Gasteiger partial charge is 0.423 e. The lowest BCUT2D eigenvalue weighted by atomic mass is 9.64. The van der Waals surface area contributed by atoms with Crippen LogP contribution in [0.4, 0.5) is 17.6 Å². The molecule has 1 unspecified atom stereocenters. The molecule has 4 atom stereocenters. The molecule has 32 heavy (non-hydrogen) atoms. The normalized spacial score (nSPS) is 25.0. The van der Waals surface area contributed by atoms with E-state index < -0.39 is 46.1 Å². The topological polar surface area (TPSA) is 50.1 Å². The third-order valence-corrected chi connectivity index (χ3v) is 6.94. The molecule has 0 radical (unpaired) electrons. The first-order valence-electron chi connectivity index (χ1n) is 10.9. The summed E-state index contributed by atoms with van der Waals surface area (Å²) in [6.45, 7) is 2.25. The zero-order valence-electron chi connectivity index (χ0n) is 17.6. The van der Waals surface area contributed by atoms with Crippen LogP contribution in [0, 0.1) is 52.4 Å². The molecule has 168 valence electrons. The highest BCUT2D eigenvalue weighted by atomic mass is 19.1. The van der Waals surface area contributed by atoms with E-state index in [9.17, 15) is 22.4 Å². The van der Waals surface area contributed by atoms with Crippen molar-refractivity contribution in [2.24, 2.45) is 17.8 Å². The van der Waals surface area contributed by atoms with Gasteiger partial charge in [-0.25, -0.2) is 22.4 Å². The first-order chi connectivity index (χ1) is 15.3. The minimum absolute atomic E-state index is 0.00548. The van der Waals surface area contributed by atoms with Crippen LogP contribution in [0.5, 0.6) is 5.75 Å². The molecule has 2 fully saturated rings. The summed E-state index contributed by atoms with van der Waals surface area (Å²) in [5.74, 6) is -4.14. The van der Waals surface area contributed by atoms with Gasteiger partial charge in [0.05, 0.1) is 5.56 Å². The van der Waals surface area contributed by atoms with E-state index in [0.29, 0.717) is 36.3 Å². The average molecular weight is 445 g/mol. The van der Waals surface area contributed by atoms with Crippen molar-refractivity contribution < 1.29 is 27.1 Å². The number of hydrogen-bond acceptors (Lipinski definition) is 3. The zero-order chi connectivity index (χ0) is 23.0. The Morgan fingerprint density at radius 1 is 0.906 bits per heavy atom. The van der Waals surface area contributed by atoms with Crippen LogP contribution in [-0.4, -0.2) is 5.97 Å². The molecule has 2 aromatic rings. The number of hydrogen-bond donors (Lipinski definition) is 0. The smallest absolute Gasteiger partial charge is 0.343 e. The van der Waals surface area contributed by atoms with Gasteiger partial charge in [-0.1, -0.05) is 13.3 Å². The van der Waals surface area contributed by atoms with E-state index >= 15 is 0 Å². The lowest BCUT2D eigenvalue weighted by Gasteiger charge is -2.41. The molecule has 0 aromatic heterocycles. The lowest BCUT2D eigenvalue weighted by molar-refractivity contribution is 0.0732. The van der Waals surface area contributed by atoms with Gasteiger partial charge in [-0.05, 0) is 67.9 Å². The van der Waals surface area contributed by atoms with Crippen molar-refractivity contribution >= 4 is 5.97 Å². The van der Waals surface area contributed by atoms with Gasteiger partial charge >= 0.3 is 5.97 Å². The summed E-state index contributed by atoms with van der Waals surface area (Å²) in [7, 11) is 0. The van der Waals surface area contributed by atoms with Crippen LogP contribution < -0.4 is 4.74 Å². The molecule has 0 amide bonds. The molecular formula is C25H23F4NO2. The number of carbonyl (C=O) groups excluding carboxylic acids is 1. The first-order valence-corrected chi connectivity index (χ1v) is 10.9. The van der Waals surface area contributed by atoms with Crippen molar-refractivity contribution in [2.75, 3.05) is 0 Å². The Labute approximate surface area is 184 Å². The Bertz CT molecular complexity index is 1050. The molecule has 3 nitrogen and oxygen atoms in total. The van der Waals surface area contributed by atoms with E-state index in [1.165, 1.54) is 12.5 Å². The number of nitriles is 1. The van der Waals surface area contributed by atoms with E-state index in [1.807, 2.05) is 0 Å². The quantitative estimate of drug-likeness (QED) is 0.302. The summed E-state index contributed by atoms with van der Waals surface area (Å²) in [5.41, 5.74) is -1.21. The molecule has 0 bridgehead atoms. The molecule has 2 aliphatic carbocycles. The summed E-state index contributed by atoms with van der Waals surface area (Å²) in [6, 6.07) is 4.52. The monoisotopic (exact) mass is 445 g/mol. The highest BCUT2D eigenvalue weighted by Crippen LogP contribution is 2.48. The van der Waals surface area contributed by atoms with Crippen LogP contribution in [0.3, 0.4) is 0 Å². The molecule has 0 spiro atoms. The van der Waals surface area contributed by atoms with Crippen LogP contribution >= 0.6 is 0 Å². The Hall–Kier alpha value is -2.88. The van der Waals surface area contributed by atoms with Crippen LogP contribution in [-0.2, 0) is 0 Å². The van der Waals surface area contributed by atoms with Gasteiger partial charge in [0.1, 0.15) is 40.7 Å². The van der Waals surface area contributed by atoms with E-state index in [-0.39, 0.29) is 11.5 Å². The van der Waals surface area contributed by atoms with Crippen molar-refractivity contribution in [2.45, 2.75) is 51.4 Å². The van der Waals surface area contributed by atoms with E-state index in [2.05, 4.69) is 6.92 Å². The van der Waals surface area contributed by atoms with Gasteiger partial charge in [0, 0.05) is 17.7 Å². The summed E-state index contributed by atoms with van der Waals surface area (Å²) in [6.07, 6.45) is 5.77. The van der Waals surface area contributed by atoms with Gasteiger partial charge in [0.2, 0.25) is 0 Å². The number of halogens is 4. The van der Waals surface area contributed by atoms with Crippen molar-refractivity contribution in [1.82, 2.24) is 0 Å². The summed E-state index contributed by atoms with van der Waals surface area (Å²) < 4.78 is 62.1. The van der Waals surface area contributed by atoms with Gasteiger partial charge in [-0.2, -0.15) is 5.26 Å². The molecule has 7 heteroatoms. The summed E-state index contributed by atoms with van der Waals surface area (Å²) in [5, 5.41) is 8.70. The van der Waals surface area contributed by atoms with Crippen LogP contribution in [0.15, 0.2) is 24.3 Å². The molecule has 0 N–H and O–H groups in total. The first kappa shape index (κ1) is 22.3. The number of esters is 1. The van der Waals surface area contributed by atoms with Gasteiger partial charge in [0.25, 0.3) is 0 Å². The van der Waals surface area contributed by atoms with Crippen LogP contribution in [0.1, 0.15) is 72.9 Å². The highest BCUT2D eigenvalue weighted by molar-refractivity contribution is 5.91. The molecule has 2 aliphatic rings. The second-order valence-electron chi connectivity index (χ2n) is 9.07. The zero-order valence-corrected chi connectivity index (χ0v) is 17.6. The molecule has 0 saturated heterocycles.